The summed E-state index contributed by atoms with van der Waals surface area (Å²) in [5, 5.41) is 19.4. The Morgan fingerprint density at radius 1 is 1.22 bits per heavy atom. The lowest BCUT2D eigenvalue weighted by Crippen LogP contribution is -2.44. The fraction of sp³-hybridized carbons (Fsp3) is 0.381. The van der Waals surface area contributed by atoms with E-state index in [1.165, 1.54) is 5.69 Å². The molecule has 1 atom stereocenters. The van der Waals surface area contributed by atoms with E-state index >= 15 is 0 Å². The van der Waals surface area contributed by atoms with Gasteiger partial charge in [0.1, 0.15) is 0 Å². The second-order valence-electron chi connectivity index (χ2n) is 7.35. The third-order valence-corrected chi connectivity index (χ3v) is 5.87. The topological polar surface area (TPSA) is 55.4 Å². The number of hydrogen-bond acceptors (Lipinski definition) is 4. The van der Waals surface area contributed by atoms with Gasteiger partial charge in [-0.25, -0.2) is 0 Å². The molecule has 2 N–H and O–H groups in total. The van der Waals surface area contributed by atoms with Crippen LogP contribution >= 0.6 is 11.6 Å². The molecule has 0 bridgehead atoms. The fourth-order valence-electron chi connectivity index (χ4n) is 3.88. The Balaban J connectivity index is 1.33. The van der Waals surface area contributed by atoms with E-state index in [4.69, 9.17) is 11.6 Å². The molecule has 142 valence electrons. The Morgan fingerprint density at radius 3 is 2.70 bits per heavy atom. The number of aliphatic hydroxyl groups excluding tert-OH is 1. The lowest BCUT2D eigenvalue weighted by atomic mass is 10.0. The van der Waals surface area contributed by atoms with Gasteiger partial charge >= 0.3 is 0 Å². The van der Waals surface area contributed by atoms with Gasteiger partial charge in [0.05, 0.1) is 17.8 Å². The second kappa shape index (κ2) is 7.89. The number of H-pyrrole nitrogens is 1. The highest BCUT2D eigenvalue weighted by atomic mass is 35.5. The van der Waals surface area contributed by atoms with Gasteiger partial charge in [0.15, 0.2) is 0 Å². The minimum atomic E-state index is -0.472. The van der Waals surface area contributed by atoms with Crippen molar-refractivity contribution in [3.05, 3.63) is 59.2 Å². The summed E-state index contributed by atoms with van der Waals surface area (Å²) in [6.45, 7) is 2.65. The van der Waals surface area contributed by atoms with Crippen molar-refractivity contribution in [1.82, 2.24) is 15.1 Å². The molecule has 1 aliphatic heterocycles. The van der Waals surface area contributed by atoms with E-state index in [1.807, 2.05) is 30.5 Å². The quantitative estimate of drug-likeness (QED) is 0.701. The molecule has 1 unspecified atom stereocenters. The number of nitrogens with zero attached hydrogens (tertiary/aromatic N) is 3. The van der Waals surface area contributed by atoms with Crippen molar-refractivity contribution < 1.29 is 5.11 Å². The molecule has 2 aromatic carbocycles. The molecule has 1 fully saturated rings. The molecule has 4 rings (SSSR count). The maximum Gasteiger partial charge on any atom is 0.0916 e. The standard InChI is InChI=1S/C21H25ClN4O/c1-25(19-6-7-20-16(12-19)13-23-24-20)18-8-10-26(11-9-18)14-21(27)15-2-4-17(22)5-3-15/h2-7,12-13,18,21,27H,8-11,14H2,1H3,(H,23,24). The molecular formula is C21H25ClN4O. The molecule has 2 heterocycles. The molecule has 0 spiro atoms. The lowest BCUT2D eigenvalue weighted by molar-refractivity contribution is 0.0973. The predicted octanol–water partition coefficient (Wildman–Crippen LogP) is 3.85. The summed E-state index contributed by atoms with van der Waals surface area (Å²) in [5.41, 5.74) is 3.22. The molecule has 0 radical (unpaired) electrons. The van der Waals surface area contributed by atoms with Crippen molar-refractivity contribution in [2.24, 2.45) is 0 Å². The first kappa shape index (κ1) is 18.3. The number of nitrogens with one attached hydrogen (secondary N) is 1. The molecular weight excluding hydrogens is 360 g/mol. The van der Waals surface area contributed by atoms with E-state index in [-0.39, 0.29) is 0 Å². The molecule has 1 aromatic heterocycles. The summed E-state index contributed by atoms with van der Waals surface area (Å²) in [7, 11) is 2.17. The van der Waals surface area contributed by atoms with Crippen LogP contribution in [0.5, 0.6) is 0 Å². The van der Waals surface area contributed by atoms with Crippen LogP contribution in [-0.4, -0.2) is 52.9 Å². The number of aliphatic hydroxyl groups is 1. The van der Waals surface area contributed by atoms with Crippen LogP contribution in [0.4, 0.5) is 5.69 Å². The molecule has 0 aliphatic carbocycles. The van der Waals surface area contributed by atoms with Gasteiger partial charge in [0.25, 0.3) is 0 Å². The third kappa shape index (κ3) is 4.10. The highest BCUT2D eigenvalue weighted by Gasteiger charge is 2.24. The van der Waals surface area contributed by atoms with E-state index < -0.39 is 6.10 Å². The zero-order valence-electron chi connectivity index (χ0n) is 15.5. The highest BCUT2D eigenvalue weighted by molar-refractivity contribution is 6.30. The van der Waals surface area contributed by atoms with Crippen LogP contribution in [0.3, 0.4) is 0 Å². The monoisotopic (exact) mass is 384 g/mol. The summed E-state index contributed by atoms with van der Waals surface area (Å²) in [6, 6.07) is 14.4. The SMILES string of the molecule is CN(c1ccc2[nH]ncc2c1)C1CCN(CC(O)c2ccc(Cl)cc2)CC1. The van der Waals surface area contributed by atoms with Gasteiger partial charge in [0.2, 0.25) is 0 Å². The number of aromatic amines is 1. The Morgan fingerprint density at radius 2 is 1.96 bits per heavy atom. The van der Waals surface area contributed by atoms with Crippen molar-refractivity contribution in [3.8, 4) is 0 Å². The van der Waals surface area contributed by atoms with Crippen molar-refractivity contribution >= 4 is 28.2 Å². The minimum Gasteiger partial charge on any atom is -0.387 e. The normalized spacial score (nSPS) is 17.3. The number of likely N-dealkylation sites (tertiary alicyclic amines) is 1. The van der Waals surface area contributed by atoms with E-state index in [0.717, 1.165) is 42.4 Å². The number of rotatable bonds is 5. The largest absolute Gasteiger partial charge is 0.387 e. The number of fused-ring (bicyclic) bond motifs is 1. The number of piperidine rings is 1. The molecule has 0 saturated carbocycles. The summed E-state index contributed by atoms with van der Waals surface area (Å²) in [6.07, 6.45) is 3.58. The first-order valence-electron chi connectivity index (χ1n) is 9.42. The van der Waals surface area contributed by atoms with Gasteiger partial charge in [-0.05, 0) is 48.7 Å². The van der Waals surface area contributed by atoms with E-state index in [9.17, 15) is 5.11 Å². The van der Waals surface area contributed by atoms with Crippen molar-refractivity contribution in [1.29, 1.82) is 0 Å². The number of halogens is 1. The molecule has 0 amide bonds. The number of anilines is 1. The minimum absolute atomic E-state index is 0.472. The zero-order valence-corrected chi connectivity index (χ0v) is 16.2. The Hall–Kier alpha value is -2.08. The number of benzene rings is 2. The lowest BCUT2D eigenvalue weighted by Gasteiger charge is -2.38. The smallest absolute Gasteiger partial charge is 0.0916 e. The number of hydrogen-bond donors (Lipinski definition) is 2. The van der Waals surface area contributed by atoms with Crippen LogP contribution < -0.4 is 4.90 Å². The van der Waals surface area contributed by atoms with Gasteiger partial charge in [-0.3, -0.25) is 5.10 Å². The third-order valence-electron chi connectivity index (χ3n) is 5.62. The van der Waals surface area contributed by atoms with Crippen molar-refractivity contribution in [2.45, 2.75) is 25.0 Å². The van der Waals surface area contributed by atoms with E-state index in [0.29, 0.717) is 17.6 Å². The van der Waals surface area contributed by atoms with E-state index in [2.05, 4.69) is 45.2 Å². The summed E-state index contributed by atoms with van der Waals surface area (Å²) < 4.78 is 0. The summed E-state index contributed by atoms with van der Waals surface area (Å²) >= 11 is 5.93. The predicted molar refractivity (Wildman–Crippen MR) is 110 cm³/mol. The van der Waals surface area contributed by atoms with Crippen LogP contribution in [0, 0.1) is 0 Å². The highest BCUT2D eigenvalue weighted by Crippen LogP contribution is 2.26. The van der Waals surface area contributed by atoms with Gasteiger partial charge < -0.3 is 14.9 Å². The second-order valence-corrected chi connectivity index (χ2v) is 7.79. The first-order chi connectivity index (χ1) is 13.1. The van der Waals surface area contributed by atoms with Crippen LogP contribution in [0.25, 0.3) is 10.9 Å². The molecule has 27 heavy (non-hydrogen) atoms. The maximum atomic E-state index is 10.5. The van der Waals surface area contributed by atoms with Gasteiger partial charge in [-0.1, -0.05) is 23.7 Å². The van der Waals surface area contributed by atoms with Crippen LogP contribution in [0.15, 0.2) is 48.7 Å². The summed E-state index contributed by atoms with van der Waals surface area (Å²) in [4.78, 5) is 4.72. The number of aromatic nitrogens is 2. The van der Waals surface area contributed by atoms with Crippen LogP contribution in [0.2, 0.25) is 5.02 Å². The molecule has 6 heteroatoms. The fourth-order valence-corrected chi connectivity index (χ4v) is 4.01. The van der Waals surface area contributed by atoms with Gasteiger partial charge in [0, 0.05) is 48.8 Å². The molecule has 3 aromatic rings. The average Bonchev–Trinajstić information content (AvgIpc) is 3.16. The van der Waals surface area contributed by atoms with E-state index in [1.54, 1.807) is 0 Å². The van der Waals surface area contributed by atoms with Crippen molar-refractivity contribution in [3.63, 3.8) is 0 Å². The van der Waals surface area contributed by atoms with Crippen molar-refractivity contribution in [2.75, 3.05) is 31.6 Å². The van der Waals surface area contributed by atoms with Crippen LogP contribution in [-0.2, 0) is 0 Å². The Labute approximate surface area is 164 Å². The molecule has 1 aliphatic rings. The van der Waals surface area contributed by atoms with Gasteiger partial charge in [-0.15, -0.1) is 0 Å². The zero-order chi connectivity index (χ0) is 18.8. The molecule has 1 saturated heterocycles. The van der Waals surface area contributed by atoms with Gasteiger partial charge in [-0.2, -0.15) is 5.10 Å². The van der Waals surface area contributed by atoms with Crippen LogP contribution in [0.1, 0.15) is 24.5 Å². The Bertz CT molecular complexity index is 887. The number of β-amino-alcohol motifs (C(OH)–C–C–N with tert-alkyl or cyclic N) is 1. The molecule has 5 nitrogen and oxygen atoms in total. The average molecular weight is 385 g/mol. The maximum absolute atomic E-state index is 10.5. The first-order valence-corrected chi connectivity index (χ1v) is 9.80. The summed E-state index contributed by atoms with van der Waals surface area (Å²) in [5.74, 6) is 0. The Kier molecular flexibility index (Phi) is 5.34.